The van der Waals surface area contributed by atoms with Crippen molar-refractivity contribution in [2.75, 3.05) is 14.2 Å². The Morgan fingerprint density at radius 3 is 2.21 bits per heavy atom. The molecule has 19 heavy (non-hydrogen) atoms. The molecule has 1 N–H and O–H groups in total. The molecule has 0 spiro atoms. The summed E-state index contributed by atoms with van der Waals surface area (Å²) in [5.74, 6) is 0.880. The van der Waals surface area contributed by atoms with Crippen molar-refractivity contribution in [2.45, 2.75) is 6.04 Å². The van der Waals surface area contributed by atoms with Crippen LogP contribution in [0, 0.1) is 0 Å². The molecule has 1 atom stereocenters. The monoisotopic (exact) mass is 383 g/mol. The molecule has 4 heteroatoms. The van der Waals surface area contributed by atoms with Crippen molar-refractivity contribution in [1.29, 1.82) is 0 Å². The quantitative estimate of drug-likeness (QED) is 0.836. The van der Waals surface area contributed by atoms with Crippen LogP contribution >= 0.6 is 31.9 Å². The fourth-order valence-electron chi connectivity index (χ4n) is 2.09. The van der Waals surface area contributed by atoms with E-state index < -0.39 is 0 Å². The number of halogens is 2. The zero-order chi connectivity index (χ0) is 13.8. The van der Waals surface area contributed by atoms with Crippen LogP contribution in [0.25, 0.3) is 0 Å². The van der Waals surface area contributed by atoms with Gasteiger partial charge in [-0.2, -0.15) is 0 Å². The van der Waals surface area contributed by atoms with E-state index in [9.17, 15) is 0 Å². The Labute approximate surface area is 130 Å². The van der Waals surface area contributed by atoms with Crippen LogP contribution in [-0.4, -0.2) is 14.2 Å². The van der Waals surface area contributed by atoms with Crippen LogP contribution in [0.1, 0.15) is 17.2 Å². The number of hydrogen-bond donors (Lipinski definition) is 1. The largest absolute Gasteiger partial charge is 0.496 e. The average molecular weight is 385 g/mol. The zero-order valence-electron chi connectivity index (χ0n) is 10.8. The van der Waals surface area contributed by atoms with Gasteiger partial charge in [0.15, 0.2) is 0 Å². The fourth-order valence-corrected chi connectivity index (χ4v) is 2.73. The highest BCUT2D eigenvalue weighted by Gasteiger charge is 2.16. The van der Waals surface area contributed by atoms with E-state index in [0.29, 0.717) is 0 Å². The van der Waals surface area contributed by atoms with E-state index in [0.717, 1.165) is 20.3 Å². The SMILES string of the molecule is CNC(c1ccc(Br)cc1)c1cc(Br)ccc1OC. The lowest BCUT2D eigenvalue weighted by Crippen LogP contribution is -2.18. The predicted molar refractivity (Wildman–Crippen MR) is 85.7 cm³/mol. The van der Waals surface area contributed by atoms with Gasteiger partial charge in [-0.15, -0.1) is 0 Å². The lowest BCUT2D eigenvalue weighted by Gasteiger charge is -2.20. The van der Waals surface area contributed by atoms with Gasteiger partial charge in [0, 0.05) is 14.5 Å². The van der Waals surface area contributed by atoms with Crippen molar-refractivity contribution in [3.8, 4) is 5.75 Å². The second-order valence-electron chi connectivity index (χ2n) is 4.16. The van der Waals surface area contributed by atoms with Crippen LogP contribution in [0.15, 0.2) is 51.4 Å². The first-order valence-corrected chi connectivity index (χ1v) is 7.50. The molecule has 0 aliphatic heterocycles. The average Bonchev–Trinajstić information content (AvgIpc) is 2.42. The summed E-state index contributed by atoms with van der Waals surface area (Å²) in [5, 5.41) is 3.34. The highest BCUT2D eigenvalue weighted by atomic mass is 79.9. The van der Waals surface area contributed by atoms with Crippen molar-refractivity contribution in [3.63, 3.8) is 0 Å². The van der Waals surface area contributed by atoms with E-state index in [1.807, 2.05) is 31.3 Å². The molecule has 0 amide bonds. The van der Waals surface area contributed by atoms with E-state index in [1.54, 1.807) is 7.11 Å². The van der Waals surface area contributed by atoms with Crippen molar-refractivity contribution in [3.05, 3.63) is 62.5 Å². The molecule has 2 nitrogen and oxygen atoms in total. The van der Waals surface area contributed by atoms with Crippen molar-refractivity contribution in [2.24, 2.45) is 0 Å². The summed E-state index contributed by atoms with van der Waals surface area (Å²) in [5.41, 5.74) is 2.31. The Kier molecular flexibility index (Phi) is 5.02. The van der Waals surface area contributed by atoms with Crippen molar-refractivity contribution >= 4 is 31.9 Å². The van der Waals surface area contributed by atoms with Crippen molar-refractivity contribution in [1.82, 2.24) is 5.32 Å². The van der Waals surface area contributed by atoms with Gasteiger partial charge in [-0.1, -0.05) is 44.0 Å². The second kappa shape index (κ2) is 6.55. The van der Waals surface area contributed by atoms with Gasteiger partial charge < -0.3 is 10.1 Å². The van der Waals surface area contributed by atoms with E-state index in [-0.39, 0.29) is 6.04 Å². The lowest BCUT2D eigenvalue weighted by molar-refractivity contribution is 0.405. The summed E-state index contributed by atoms with van der Waals surface area (Å²) in [7, 11) is 3.65. The number of benzene rings is 2. The number of nitrogens with one attached hydrogen (secondary N) is 1. The van der Waals surface area contributed by atoms with Crippen LogP contribution in [0.5, 0.6) is 5.75 Å². The van der Waals surface area contributed by atoms with Gasteiger partial charge in [0.25, 0.3) is 0 Å². The maximum absolute atomic E-state index is 5.46. The highest BCUT2D eigenvalue weighted by Crippen LogP contribution is 2.32. The first-order chi connectivity index (χ1) is 9.15. The smallest absolute Gasteiger partial charge is 0.124 e. The van der Waals surface area contributed by atoms with Crippen LogP contribution in [0.3, 0.4) is 0 Å². The van der Waals surface area contributed by atoms with Crippen molar-refractivity contribution < 1.29 is 4.74 Å². The minimum atomic E-state index is 0.0977. The van der Waals surface area contributed by atoms with Gasteiger partial charge in [0.2, 0.25) is 0 Å². The molecular formula is C15H15Br2NO. The van der Waals surface area contributed by atoms with Gasteiger partial charge in [-0.25, -0.2) is 0 Å². The van der Waals surface area contributed by atoms with Crippen LogP contribution in [0.2, 0.25) is 0 Å². The standard InChI is InChI=1S/C15H15Br2NO/c1-18-15(10-3-5-11(16)6-4-10)13-9-12(17)7-8-14(13)19-2/h3-9,15,18H,1-2H3. The summed E-state index contributed by atoms with van der Waals surface area (Å²) in [6, 6.07) is 14.4. The summed E-state index contributed by atoms with van der Waals surface area (Å²) in [4.78, 5) is 0. The third kappa shape index (κ3) is 3.38. The van der Waals surface area contributed by atoms with Gasteiger partial charge in [-0.3, -0.25) is 0 Å². The molecule has 0 aliphatic rings. The first kappa shape index (κ1) is 14.6. The van der Waals surface area contributed by atoms with Gasteiger partial charge in [0.05, 0.1) is 13.2 Å². The van der Waals surface area contributed by atoms with E-state index in [1.165, 1.54) is 5.56 Å². The number of rotatable bonds is 4. The Morgan fingerprint density at radius 2 is 1.63 bits per heavy atom. The topological polar surface area (TPSA) is 21.3 Å². The van der Waals surface area contributed by atoms with E-state index in [4.69, 9.17) is 4.74 Å². The third-order valence-corrected chi connectivity index (χ3v) is 4.02. The van der Waals surface area contributed by atoms with Gasteiger partial charge >= 0.3 is 0 Å². The summed E-state index contributed by atoms with van der Waals surface area (Å²) in [6.45, 7) is 0. The summed E-state index contributed by atoms with van der Waals surface area (Å²) >= 11 is 6.98. The predicted octanol–water partition coefficient (Wildman–Crippen LogP) is 4.53. The molecule has 1 unspecified atom stereocenters. The Bertz CT molecular complexity index is 555. The number of ether oxygens (including phenoxy) is 1. The fraction of sp³-hybridized carbons (Fsp3) is 0.200. The maximum Gasteiger partial charge on any atom is 0.124 e. The molecular weight excluding hydrogens is 370 g/mol. The molecule has 0 aromatic heterocycles. The minimum Gasteiger partial charge on any atom is -0.496 e. The van der Waals surface area contributed by atoms with Gasteiger partial charge in [0.1, 0.15) is 5.75 Å². The molecule has 2 aromatic carbocycles. The molecule has 0 saturated carbocycles. The molecule has 0 fully saturated rings. The molecule has 0 heterocycles. The normalized spacial score (nSPS) is 12.2. The highest BCUT2D eigenvalue weighted by molar-refractivity contribution is 9.10. The lowest BCUT2D eigenvalue weighted by atomic mass is 9.98. The molecule has 0 aliphatic carbocycles. The summed E-state index contributed by atoms with van der Waals surface area (Å²) in [6.07, 6.45) is 0. The van der Waals surface area contributed by atoms with E-state index in [2.05, 4.69) is 55.4 Å². The second-order valence-corrected chi connectivity index (χ2v) is 5.99. The summed E-state index contributed by atoms with van der Waals surface area (Å²) < 4.78 is 7.58. The molecule has 100 valence electrons. The number of methoxy groups -OCH3 is 1. The number of hydrogen-bond acceptors (Lipinski definition) is 2. The maximum atomic E-state index is 5.46. The third-order valence-electron chi connectivity index (χ3n) is 2.99. The first-order valence-electron chi connectivity index (χ1n) is 5.92. The van der Waals surface area contributed by atoms with Gasteiger partial charge in [-0.05, 0) is 42.9 Å². The van der Waals surface area contributed by atoms with Crippen LogP contribution < -0.4 is 10.1 Å². The molecule has 2 aromatic rings. The Balaban J connectivity index is 2.47. The van der Waals surface area contributed by atoms with Crippen LogP contribution in [0.4, 0.5) is 0 Å². The molecule has 0 saturated heterocycles. The Hall–Kier alpha value is -0.840. The molecule has 0 bridgehead atoms. The van der Waals surface area contributed by atoms with E-state index >= 15 is 0 Å². The molecule has 2 rings (SSSR count). The molecule has 0 radical (unpaired) electrons. The zero-order valence-corrected chi connectivity index (χ0v) is 14.0. The minimum absolute atomic E-state index is 0.0977. The Morgan fingerprint density at radius 1 is 1.00 bits per heavy atom. The van der Waals surface area contributed by atoms with Crippen LogP contribution in [-0.2, 0) is 0 Å².